The van der Waals surface area contributed by atoms with Crippen LogP contribution in [-0.2, 0) is 0 Å². The first-order valence-electron chi connectivity index (χ1n) is 10.1. The second kappa shape index (κ2) is 6.65. The van der Waals surface area contributed by atoms with E-state index in [9.17, 15) is 1.37 Å². The van der Waals surface area contributed by atoms with Gasteiger partial charge >= 0.3 is 0 Å². The molecule has 0 fully saturated rings. The average molecular weight is 364 g/mol. The summed E-state index contributed by atoms with van der Waals surface area (Å²) in [5.41, 5.74) is 6.54. The van der Waals surface area contributed by atoms with Gasteiger partial charge in [-0.1, -0.05) is 66.7 Å². The SMILES string of the molecule is [2H]C1(c2ccccc2)C=Cn2c1c(C)[n+](-c1ccccc1C)c2-c1ccccc1. The second-order valence-electron chi connectivity index (χ2n) is 7.21. The zero-order valence-corrected chi connectivity index (χ0v) is 16.1. The molecule has 0 N–H and O–H groups in total. The van der Waals surface area contributed by atoms with Gasteiger partial charge in [-0.25, -0.2) is 0 Å². The van der Waals surface area contributed by atoms with Gasteiger partial charge < -0.3 is 0 Å². The number of benzene rings is 3. The third-order valence-electron chi connectivity index (χ3n) is 5.48. The minimum absolute atomic E-state index is 0.914. The lowest BCUT2D eigenvalue weighted by atomic mass is 9.96. The molecule has 0 radical (unpaired) electrons. The average Bonchev–Trinajstić information content (AvgIpc) is 3.26. The van der Waals surface area contributed by atoms with Gasteiger partial charge in [-0.3, -0.25) is 0 Å². The Morgan fingerprint density at radius 2 is 1.46 bits per heavy atom. The fraction of sp³-hybridized carbons (Fsp3) is 0.115. The largest absolute Gasteiger partial charge is 0.299 e. The van der Waals surface area contributed by atoms with E-state index in [4.69, 9.17) is 0 Å². The van der Waals surface area contributed by atoms with Gasteiger partial charge in [0.2, 0.25) is 0 Å². The summed E-state index contributed by atoms with van der Waals surface area (Å²) in [7, 11) is 0. The number of hydrogen-bond acceptors (Lipinski definition) is 0. The van der Waals surface area contributed by atoms with Crippen LogP contribution in [0.2, 0.25) is 0 Å². The molecular weight excluding hydrogens is 340 g/mol. The molecule has 0 amide bonds. The van der Waals surface area contributed by atoms with Crippen molar-refractivity contribution in [2.75, 3.05) is 0 Å². The fourth-order valence-electron chi connectivity index (χ4n) is 4.17. The Balaban J connectivity index is 1.86. The van der Waals surface area contributed by atoms with Gasteiger partial charge in [0.05, 0.1) is 17.7 Å². The number of nitrogens with zero attached hydrogens (tertiary/aromatic N) is 2. The van der Waals surface area contributed by atoms with Crippen molar-refractivity contribution in [3.8, 4) is 17.1 Å². The van der Waals surface area contributed by atoms with Crippen LogP contribution in [0, 0.1) is 13.8 Å². The molecule has 1 unspecified atom stereocenters. The third kappa shape index (κ3) is 2.53. The van der Waals surface area contributed by atoms with E-state index < -0.39 is 5.89 Å². The molecule has 136 valence electrons. The predicted octanol–water partition coefficient (Wildman–Crippen LogP) is 5.66. The Kier molecular flexibility index (Phi) is 3.71. The van der Waals surface area contributed by atoms with Gasteiger partial charge in [-0.15, -0.1) is 0 Å². The standard InChI is InChI=1S/C26H23N2/c1-19-11-9-10-16-24(19)28-20(2)25-23(21-12-5-3-6-13-21)17-18-27(25)26(28)22-14-7-4-8-15-22/h3-18,23H,1-2H3/q+1/i23D. The van der Waals surface area contributed by atoms with Crippen LogP contribution in [0.4, 0.5) is 0 Å². The van der Waals surface area contributed by atoms with Crippen LogP contribution >= 0.6 is 0 Å². The zero-order valence-electron chi connectivity index (χ0n) is 17.1. The Morgan fingerprint density at radius 3 is 2.18 bits per heavy atom. The summed E-state index contributed by atoms with van der Waals surface area (Å²) >= 11 is 0. The van der Waals surface area contributed by atoms with Gasteiger partial charge in [0.25, 0.3) is 5.82 Å². The number of aromatic nitrogens is 2. The van der Waals surface area contributed by atoms with Crippen LogP contribution in [0.5, 0.6) is 0 Å². The first-order chi connectivity index (χ1) is 14.1. The zero-order chi connectivity index (χ0) is 20.0. The summed E-state index contributed by atoms with van der Waals surface area (Å²) < 4.78 is 13.9. The van der Waals surface area contributed by atoms with Gasteiger partial charge in [-0.05, 0) is 42.3 Å². The van der Waals surface area contributed by atoms with Gasteiger partial charge in [0.1, 0.15) is 5.69 Å². The lowest BCUT2D eigenvalue weighted by Gasteiger charge is -2.08. The molecule has 28 heavy (non-hydrogen) atoms. The quantitative estimate of drug-likeness (QED) is 0.415. The minimum Gasteiger partial charge on any atom is -0.198 e. The van der Waals surface area contributed by atoms with Crippen molar-refractivity contribution >= 4 is 6.20 Å². The van der Waals surface area contributed by atoms with Crippen molar-refractivity contribution < 1.29 is 5.94 Å². The highest BCUT2D eigenvalue weighted by atomic mass is 15.2. The summed E-state index contributed by atoms with van der Waals surface area (Å²) in [4.78, 5) is 0. The Labute approximate surface area is 167 Å². The molecule has 4 aromatic rings. The van der Waals surface area contributed by atoms with Crippen molar-refractivity contribution in [3.05, 3.63) is 114 Å². The normalized spacial score (nSPS) is 18.1. The highest BCUT2D eigenvalue weighted by molar-refractivity contribution is 5.62. The molecule has 1 aliphatic heterocycles. The van der Waals surface area contributed by atoms with Crippen molar-refractivity contribution in [2.45, 2.75) is 19.7 Å². The first kappa shape index (κ1) is 15.6. The van der Waals surface area contributed by atoms with Crippen molar-refractivity contribution in [1.29, 1.82) is 0 Å². The van der Waals surface area contributed by atoms with Crippen LogP contribution < -0.4 is 4.57 Å². The maximum absolute atomic E-state index is 9.41. The van der Waals surface area contributed by atoms with Gasteiger partial charge in [-0.2, -0.15) is 9.13 Å². The number of hydrogen-bond donors (Lipinski definition) is 0. The Hall–Kier alpha value is -3.39. The minimum atomic E-state index is -0.914. The molecular formula is C26H23N2+. The molecule has 3 aromatic carbocycles. The molecule has 0 aliphatic carbocycles. The molecule has 1 atom stereocenters. The monoisotopic (exact) mass is 364 g/mol. The Morgan fingerprint density at radius 1 is 0.821 bits per heavy atom. The first-order valence-corrected chi connectivity index (χ1v) is 9.65. The van der Waals surface area contributed by atoms with Crippen molar-refractivity contribution in [2.24, 2.45) is 0 Å². The van der Waals surface area contributed by atoms with Crippen molar-refractivity contribution in [3.63, 3.8) is 0 Å². The highest BCUT2D eigenvalue weighted by Gasteiger charge is 2.37. The lowest BCUT2D eigenvalue weighted by Crippen LogP contribution is -2.36. The predicted molar refractivity (Wildman–Crippen MR) is 114 cm³/mol. The molecule has 0 saturated carbocycles. The number of imidazole rings is 1. The van der Waals surface area contributed by atoms with E-state index in [0.29, 0.717) is 0 Å². The molecule has 0 bridgehead atoms. The molecule has 0 spiro atoms. The number of allylic oxidation sites excluding steroid dienone is 1. The van der Waals surface area contributed by atoms with E-state index in [1.54, 1.807) is 0 Å². The molecule has 1 aromatic heterocycles. The molecule has 2 nitrogen and oxygen atoms in total. The molecule has 5 rings (SSSR count). The number of rotatable bonds is 3. The van der Waals surface area contributed by atoms with E-state index in [2.05, 4.69) is 77.7 Å². The number of fused-ring (bicyclic) bond motifs is 1. The van der Waals surface area contributed by atoms with E-state index in [1.807, 2.05) is 42.5 Å². The molecule has 2 heteroatoms. The summed E-state index contributed by atoms with van der Waals surface area (Å²) in [5, 5.41) is 0. The maximum Gasteiger partial charge on any atom is 0.299 e. The van der Waals surface area contributed by atoms with E-state index >= 15 is 0 Å². The van der Waals surface area contributed by atoms with Crippen LogP contribution in [0.25, 0.3) is 23.3 Å². The summed E-state index contributed by atoms with van der Waals surface area (Å²) in [6.07, 6.45) is 4.05. The van der Waals surface area contributed by atoms with E-state index in [1.165, 1.54) is 5.56 Å². The van der Waals surface area contributed by atoms with E-state index in [0.717, 1.165) is 34.0 Å². The number of aryl methyl sites for hydroxylation is 1. The van der Waals surface area contributed by atoms with Crippen LogP contribution in [0.3, 0.4) is 0 Å². The van der Waals surface area contributed by atoms with E-state index in [-0.39, 0.29) is 0 Å². The van der Waals surface area contributed by atoms with Crippen LogP contribution in [-0.4, -0.2) is 4.57 Å². The number of para-hydroxylation sites is 1. The summed E-state index contributed by atoms with van der Waals surface area (Å²) in [6.45, 7) is 4.27. The third-order valence-corrected chi connectivity index (χ3v) is 5.48. The second-order valence-corrected chi connectivity index (χ2v) is 7.21. The summed E-state index contributed by atoms with van der Waals surface area (Å²) in [5.74, 6) is 0.164. The topological polar surface area (TPSA) is 8.81 Å². The molecule has 1 aliphatic rings. The Bertz CT molecular complexity index is 1220. The smallest absolute Gasteiger partial charge is 0.198 e. The molecule has 0 saturated heterocycles. The lowest BCUT2D eigenvalue weighted by molar-refractivity contribution is -0.590. The van der Waals surface area contributed by atoms with Gasteiger partial charge in [0.15, 0.2) is 11.4 Å². The van der Waals surface area contributed by atoms with Crippen LogP contribution in [0.15, 0.2) is 91.0 Å². The highest BCUT2D eigenvalue weighted by Crippen LogP contribution is 2.37. The fourth-order valence-corrected chi connectivity index (χ4v) is 4.17. The van der Waals surface area contributed by atoms with Gasteiger partial charge in [0, 0.05) is 8.29 Å². The maximum atomic E-state index is 9.41. The summed E-state index contributed by atoms with van der Waals surface area (Å²) in [6, 6.07) is 29.0. The van der Waals surface area contributed by atoms with Crippen LogP contribution in [0.1, 0.15) is 29.8 Å². The van der Waals surface area contributed by atoms with Crippen molar-refractivity contribution in [1.82, 2.24) is 4.57 Å². The molecule has 2 heterocycles.